The SMILES string of the molecule is CCOC(=O)C(N)C(O)c1cc(F)cc(Cl)c1. The highest BCUT2D eigenvalue weighted by atomic mass is 35.5. The lowest BCUT2D eigenvalue weighted by atomic mass is 10.0. The summed E-state index contributed by atoms with van der Waals surface area (Å²) >= 11 is 5.63. The second kappa shape index (κ2) is 5.95. The molecule has 4 nitrogen and oxygen atoms in total. The van der Waals surface area contributed by atoms with E-state index in [4.69, 9.17) is 17.3 Å². The van der Waals surface area contributed by atoms with Crippen LogP contribution in [0.4, 0.5) is 4.39 Å². The number of hydrogen-bond acceptors (Lipinski definition) is 4. The van der Waals surface area contributed by atoms with Crippen molar-refractivity contribution in [3.05, 3.63) is 34.6 Å². The monoisotopic (exact) mass is 261 g/mol. The molecule has 1 aromatic rings. The molecule has 0 aliphatic carbocycles. The number of hydrogen-bond donors (Lipinski definition) is 2. The van der Waals surface area contributed by atoms with Crippen LogP contribution in [0.1, 0.15) is 18.6 Å². The number of nitrogens with two attached hydrogens (primary N) is 1. The summed E-state index contributed by atoms with van der Waals surface area (Å²) in [5.41, 5.74) is 5.62. The molecule has 0 aliphatic heterocycles. The topological polar surface area (TPSA) is 72.5 Å². The molecule has 17 heavy (non-hydrogen) atoms. The van der Waals surface area contributed by atoms with Crippen molar-refractivity contribution in [2.24, 2.45) is 5.73 Å². The molecule has 0 spiro atoms. The van der Waals surface area contributed by atoms with Gasteiger partial charge in [0.15, 0.2) is 0 Å². The fourth-order valence-corrected chi connectivity index (χ4v) is 1.55. The summed E-state index contributed by atoms with van der Waals surface area (Å²) in [5.74, 6) is -1.36. The molecule has 0 saturated heterocycles. The molecular weight excluding hydrogens is 249 g/mol. The average molecular weight is 262 g/mol. The Labute approximate surface area is 103 Å². The molecule has 1 aromatic carbocycles. The smallest absolute Gasteiger partial charge is 0.325 e. The minimum absolute atomic E-state index is 0.120. The summed E-state index contributed by atoms with van der Waals surface area (Å²) in [6.07, 6.45) is -1.36. The van der Waals surface area contributed by atoms with Gasteiger partial charge < -0.3 is 15.6 Å². The normalized spacial score (nSPS) is 14.2. The number of halogens is 2. The molecule has 0 fully saturated rings. The average Bonchev–Trinajstić information content (AvgIpc) is 2.26. The van der Waals surface area contributed by atoms with E-state index < -0.39 is 23.9 Å². The molecule has 0 heterocycles. The van der Waals surface area contributed by atoms with E-state index in [1.807, 2.05) is 0 Å². The van der Waals surface area contributed by atoms with Crippen molar-refractivity contribution in [2.75, 3.05) is 6.61 Å². The van der Waals surface area contributed by atoms with Gasteiger partial charge in [-0.2, -0.15) is 0 Å². The first kappa shape index (κ1) is 13.9. The van der Waals surface area contributed by atoms with E-state index in [2.05, 4.69) is 4.74 Å². The van der Waals surface area contributed by atoms with Crippen molar-refractivity contribution in [2.45, 2.75) is 19.1 Å². The van der Waals surface area contributed by atoms with Gasteiger partial charge in [0.25, 0.3) is 0 Å². The van der Waals surface area contributed by atoms with Gasteiger partial charge in [-0.05, 0) is 30.7 Å². The molecule has 0 saturated carbocycles. The Morgan fingerprint density at radius 1 is 1.59 bits per heavy atom. The van der Waals surface area contributed by atoms with E-state index in [0.29, 0.717) is 0 Å². The van der Waals surface area contributed by atoms with Gasteiger partial charge in [-0.25, -0.2) is 4.39 Å². The van der Waals surface area contributed by atoms with Crippen LogP contribution < -0.4 is 5.73 Å². The van der Waals surface area contributed by atoms with Crippen LogP contribution in [0.3, 0.4) is 0 Å². The molecule has 94 valence electrons. The van der Waals surface area contributed by atoms with Crippen LogP contribution in [0.5, 0.6) is 0 Å². The number of carbonyl (C=O) groups is 1. The van der Waals surface area contributed by atoms with E-state index in [0.717, 1.165) is 12.1 Å². The van der Waals surface area contributed by atoms with Gasteiger partial charge in [0.2, 0.25) is 0 Å². The van der Waals surface area contributed by atoms with Gasteiger partial charge in [-0.15, -0.1) is 0 Å². The Hall–Kier alpha value is -1.17. The number of ether oxygens (including phenoxy) is 1. The van der Waals surface area contributed by atoms with Crippen molar-refractivity contribution in [3.63, 3.8) is 0 Å². The third-order valence-electron chi connectivity index (χ3n) is 2.13. The summed E-state index contributed by atoms with van der Waals surface area (Å²) in [6.45, 7) is 1.78. The summed E-state index contributed by atoms with van der Waals surface area (Å²) in [7, 11) is 0. The maximum atomic E-state index is 13.0. The number of benzene rings is 1. The summed E-state index contributed by atoms with van der Waals surface area (Å²) in [6, 6.07) is 2.23. The van der Waals surface area contributed by atoms with Crippen molar-refractivity contribution >= 4 is 17.6 Å². The number of aliphatic hydroxyl groups is 1. The highest BCUT2D eigenvalue weighted by Crippen LogP contribution is 2.22. The molecule has 3 N–H and O–H groups in total. The third kappa shape index (κ3) is 3.66. The van der Waals surface area contributed by atoms with Crippen molar-refractivity contribution < 1.29 is 19.0 Å². The molecule has 2 atom stereocenters. The predicted octanol–water partition coefficient (Wildman–Crippen LogP) is 1.40. The largest absolute Gasteiger partial charge is 0.465 e. The van der Waals surface area contributed by atoms with Crippen LogP contribution in [0, 0.1) is 5.82 Å². The zero-order valence-electron chi connectivity index (χ0n) is 9.19. The quantitative estimate of drug-likeness (QED) is 0.804. The van der Waals surface area contributed by atoms with Crippen molar-refractivity contribution in [1.29, 1.82) is 0 Å². The van der Waals surface area contributed by atoms with Gasteiger partial charge in [0, 0.05) is 5.02 Å². The minimum atomic E-state index is -1.36. The lowest BCUT2D eigenvalue weighted by Gasteiger charge is -2.17. The predicted molar refractivity (Wildman–Crippen MR) is 61.0 cm³/mol. The van der Waals surface area contributed by atoms with Crippen LogP contribution in [0.25, 0.3) is 0 Å². The molecule has 0 amide bonds. The zero-order valence-corrected chi connectivity index (χ0v) is 9.95. The Bertz CT molecular complexity index is 393. The van der Waals surface area contributed by atoms with E-state index >= 15 is 0 Å². The van der Waals surface area contributed by atoms with Crippen molar-refractivity contribution in [3.8, 4) is 0 Å². The van der Waals surface area contributed by atoms with E-state index in [1.165, 1.54) is 6.07 Å². The summed E-state index contributed by atoms with van der Waals surface area (Å²) in [4.78, 5) is 11.3. The molecule has 0 aromatic heterocycles. The summed E-state index contributed by atoms with van der Waals surface area (Å²) in [5, 5.41) is 9.90. The van der Waals surface area contributed by atoms with E-state index in [-0.39, 0.29) is 17.2 Å². The standard InChI is InChI=1S/C11H13ClFNO3/c1-2-17-11(16)9(14)10(15)6-3-7(12)5-8(13)4-6/h3-5,9-10,15H,2,14H2,1H3. The van der Waals surface area contributed by atoms with Crippen LogP contribution in [0.2, 0.25) is 5.02 Å². The van der Waals surface area contributed by atoms with E-state index in [9.17, 15) is 14.3 Å². The third-order valence-corrected chi connectivity index (χ3v) is 2.34. The number of carbonyl (C=O) groups excluding carboxylic acids is 1. The fraction of sp³-hybridized carbons (Fsp3) is 0.364. The van der Waals surface area contributed by atoms with Gasteiger partial charge in [0.1, 0.15) is 18.0 Å². The Morgan fingerprint density at radius 2 is 2.24 bits per heavy atom. The molecule has 0 bridgehead atoms. The fourth-order valence-electron chi connectivity index (χ4n) is 1.32. The lowest BCUT2D eigenvalue weighted by molar-refractivity contribution is -0.147. The van der Waals surface area contributed by atoms with Crippen LogP contribution in [-0.4, -0.2) is 23.7 Å². The molecule has 2 unspecified atom stereocenters. The molecule has 0 radical (unpaired) electrons. The number of aliphatic hydroxyl groups excluding tert-OH is 1. The van der Waals surface area contributed by atoms with Gasteiger partial charge >= 0.3 is 5.97 Å². The molecule has 0 aliphatic rings. The minimum Gasteiger partial charge on any atom is -0.465 e. The Morgan fingerprint density at radius 3 is 2.76 bits per heavy atom. The van der Waals surface area contributed by atoms with E-state index in [1.54, 1.807) is 6.92 Å². The molecular formula is C11H13ClFNO3. The Kier molecular flexibility index (Phi) is 4.86. The second-order valence-electron chi connectivity index (χ2n) is 3.43. The number of esters is 1. The van der Waals surface area contributed by atoms with Crippen molar-refractivity contribution in [1.82, 2.24) is 0 Å². The molecule has 1 rings (SSSR count). The highest BCUT2D eigenvalue weighted by molar-refractivity contribution is 6.30. The van der Waals surface area contributed by atoms with Crippen LogP contribution >= 0.6 is 11.6 Å². The maximum Gasteiger partial charge on any atom is 0.325 e. The lowest BCUT2D eigenvalue weighted by Crippen LogP contribution is -2.38. The zero-order chi connectivity index (χ0) is 13.0. The van der Waals surface area contributed by atoms with Gasteiger partial charge in [-0.1, -0.05) is 11.6 Å². The highest BCUT2D eigenvalue weighted by Gasteiger charge is 2.25. The maximum absolute atomic E-state index is 13.0. The second-order valence-corrected chi connectivity index (χ2v) is 3.86. The van der Waals surface area contributed by atoms with Crippen LogP contribution in [0.15, 0.2) is 18.2 Å². The van der Waals surface area contributed by atoms with Gasteiger partial charge in [-0.3, -0.25) is 4.79 Å². The molecule has 6 heteroatoms. The first-order valence-corrected chi connectivity index (χ1v) is 5.39. The number of rotatable bonds is 4. The first-order chi connectivity index (χ1) is 7.95. The summed E-state index contributed by atoms with van der Waals surface area (Å²) < 4.78 is 17.7. The Balaban J connectivity index is 2.87. The first-order valence-electron chi connectivity index (χ1n) is 5.02. The van der Waals surface area contributed by atoms with Gasteiger partial charge in [0.05, 0.1) is 6.61 Å². The van der Waals surface area contributed by atoms with Crippen LogP contribution in [-0.2, 0) is 9.53 Å².